The first-order valence-electron chi connectivity index (χ1n) is 7.25. The summed E-state index contributed by atoms with van der Waals surface area (Å²) in [5, 5.41) is 2.63. The Kier molecular flexibility index (Phi) is 5.99. The van der Waals surface area contributed by atoms with Crippen molar-refractivity contribution in [1.29, 1.82) is 0 Å². The van der Waals surface area contributed by atoms with Crippen LogP contribution in [0.15, 0.2) is 47.1 Å². The van der Waals surface area contributed by atoms with Crippen molar-refractivity contribution in [3.8, 4) is 5.75 Å². The lowest BCUT2D eigenvalue weighted by molar-refractivity contribution is -0.121. The Morgan fingerprint density at radius 2 is 1.96 bits per heavy atom. The molecule has 8 heteroatoms. The molecule has 7 nitrogen and oxygen atoms in total. The second-order valence-corrected chi connectivity index (χ2v) is 7.22. The van der Waals surface area contributed by atoms with E-state index in [4.69, 9.17) is 9.15 Å². The average Bonchev–Trinajstić information content (AvgIpc) is 3.05. The van der Waals surface area contributed by atoms with Crippen LogP contribution >= 0.6 is 0 Å². The van der Waals surface area contributed by atoms with E-state index in [0.29, 0.717) is 11.5 Å². The zero-order chi connectivity index (χ0) is 17.6. The van der Waals surface area contributed by atoms with E-state index in [0.717, 1.165) is 16.1 Å². The maximum absolute atomic E-state index is 12.0. The van der Waals surface area contributed by atoms with Gasteiger partial charge in [0.15, 0.2) is 0 Å². The molecule has 0 aliphatic rings. The number of benzene rings is 1. The highest BCUT2D eigenvalue weighted by atomic mass is 32.2. The quantitative estimate of drug-likeness (QED) is 0.775. The van der Waals surface area contributed by atoms with Gasteiger partial charge in [0.2, 0.25) is 15.9 Å². The Labute approximate surface area is 141 Å². The number of amides is 1. The number of hydrogen-bond acceptors (Lipinski definition) is 5. The van der Waals surface area contributed by atoms with Crippen LogP contribution in [0.25, 0.3) is 0 Å². The Balaban J connectivity index is 1.98. The van der Waals surface area contributed by atoms with E-state index in [-0.39, 0.29) is 19.6 Å². The fourth-order valence-electron chi connectivity index (χ4n) is 2.04. The molecular formula is C16H20N2O5S. The lowest BCUT2D eigenvalue weighted by Gasteiger charge is -2.19. The van der Waals surface area contributed by atoms with Crippen LogP contribution in [-0.4, -0.2) is 38.5 Å². The van der Waals surface area contributed by atoms with Gasteiger partial charge in [0.05, 0.1) is 32.7 Å². The first kappa shape index (κ1) is 18.0. The van der Waals surface area contributed by atoms with Gasteiger partial charge < -0.3 is 14.5 Å². The average molecular weight is 352 g/mol. The van der Waals surface area contributed by atoms with Crippen molar-refractivity contribution in [1.82, 2.24) is 9.62 Å². The van der Waals surface area contributed by atoms with E-state index in [1.807, 2.05) is 0 Å². The Morgan fingerprint density at radius 3 is 2.50 bits per heavy atom. The Bertz CT molecular complexity index is 754. The molecule has 24 heavy (non-hydrogen) atoms. The summed E-state index contributed by atoms with van der Waals surface area (Å²) in [6, 6.07) is 10.5. The van der Waals surface area contributed by atoms with Crippen molar-refractivity contribution < 1.29 is 22.4 Å². The summed E-state index contributed by atoms with van der Waals surface area (Å²) >= 11 is 0. The zero-order valence-corrected chi connectivity index (χ0v) is 14.4. The SMILES string of the molecule is COc1ccc(CN(CC(=O)NCc2ccco2)S(C)(=O)=O)cc1. The van der Waals surface area contributed by atoms with Crippen LogP contribution in [0, 0.1) is 0 Å². The monoisotopic (exact) mass is 352 g/mol. The first-order valence-corrected chi connectivity index (χ1v) is 9.10. The van der Waals surface area contributed by atoms with Crippen LogP contribution in [0.4, 0.5) is 0 Å². The number of rotatable bonds is 8. The second kappa shape index (κ2) is 7.98. The maximum atomic E-state index is 12.0. The molecule has 0 unspecified atom stereocenters. The van der Waals surface area contributed by atoms with E-state index < -0.39 is 15.9 Å². The summed E-state index contributed by atoms with van der Waals surface area (Å²) in [7, 11) is -1.97. The van der Waals surface area contributed by atoms with Gasteiger partial charge in [0.1, 0.15) is 11.5 Å². The van der Waals surface area contributed by atoms with Gasteiger partial charge in [-0.2, -0.15) is 4.31 Å². The van der Waals surface area contributed by atoms with Crippen molar-refractivity contribution >= 4 is 15.9 Å². The third-order valence-electron chi connectivity index (χ3n) is 3.35. The third kappa shape index (κ3) is 5.39. The zero-order valence-electron chi connectivity index (χ0n) is 13.6. The van der Waals surface area contributed by atoms with Gasteiger partial charge in [0, 0.05) is 6.54 Å². The van der Waals surface area contributed by atoms with Crippen molar-refractivity contribution in [3.05, 3.63) is 54.0 Å². The summed E-state index contributed by atoms with van der Waals surface area (Å²) in [6.07, 6.45) is 2.59. The second-order valence-electron chi connectivity index (χ2n) is 5.24. The molecule has 1 amide bonds. The van der Waals surface area contributed by atoms with E-state index in [9.17, 15) is 13.2 Å². The van der Waals surface area contributed by atoms with Crippen LogP contribution < -0.4 is 10.1 Å². The summed E-state index contributed by atoms with van der Waals surface area (Å²) in [5.41, 5.74) is 0.764. The number of hydrogen-bond donors (Lipinski definition) is 1. The van der Waals surface area contributed by atoms with Gasteiger partial charge in [-0.25, -0.2) is 8.42 Å². The predicted molar refractivity (Wildman–Crippen MR) is 88.8 cm³/mol. The Hall–Kier alpha value is -2.32. The highest BCUT2D eigenvalue weighted by Gasteiger charge is 2.20. The number of ether oxygens (including phenoxy) is 1. The van der Waals surface area contributed by atoms with Crippen LogP contribution in [0.1, 0.15) is 11.3 Å². The molecule has 2 aromatic rings. The maximum Gasteiger partial charge on any atom is 0.235 e. The molecular weight excluding hydrogens is 332 g/mol. The number of carbonyl (C=O) groups excluding carboxylic acids is 1. The lowest BCUT2D eigenvalue weighted by atomic mass is 10.2. The number of carbonyl (C=O) groups is 1. The van der Waals surface area contributed by atoms with Gasteiger partial charge in [-0.15, -0.1) is 0 Å². The van der Waals surface area contributed by atoms with Gasteiger partial charge in [-0.3, -0.25) is 4.79 Å². The minimum absolute atomic E-state index is 0.108. The molecule has 0 bridgehead atoms. The summed E-state index contributed by atoms with van der Waals surface area (Å²) in [4.78, 5) is 12.0. The van der Waals surface area contributed by atoms with Crippen LogP contribution in [-0.2, 0) is 27.9 Å². The molecule has 1 aromatic heterocycles. The minimum atomic E-state index is -3.53. The third-order valence-corrected chi connectivity index (χ3v) is 4.54. The molecule has 0 atom stereocenters. The van der Waals surface area contributed by atoms with Crippen molar-refractivity contribution in [3.63, 3.8) is 0 Å². The molecule has 0 aliphatic heterocycles. The van der Waals surface area contributed by atoms with E-state index in [2.05, 4.69) is 5.32 Å². The summed E-state index contributed by atoms with van der Waals surface area (Å²) < 4.78 is 35.2. The largest absolute Gasteiger partial charge is 0.497 e. The molecule has 1 aromatic carbocycles. The van der Waals surface area contributed by atoms with Crippen molar-refractivity contribution in [2.24, 2.45) is 0 Å². The number of nitrogens with zero attached hydrogens (tertiary/aromatic N) is 1. The minimum Gasteiger partial charge on any atom is -0.497 e. The number of sulfonamides is 1. The van der Waals surface area contributed by atoms with Gasteiger partial charge >= 0.3 is 0 Å². The molecule has 0 spiro atoms. The summed E-state index contributed by atoms with van der Waals surface area (Å²) in [5.74, 6) is 0.885. The highest BCUT2D eigenvalue weighted by Crippen LogP contribution is 2.14. The molecule has 1 N–H and O–H groups in total. The van der Waals surface area contributed by atoms with Crippen LogP contribution in [0.3, 0.4) is 0 Å². The highest BCUT2D eigenvalue weighted by molar-refractivity contribution is 7.88. The van der Waals surface area contributed by atoms with Gasteiger partial charge in [-0.1, -0.05) is 12.1 Å². The van der Waals surface area contributed by atoms with E-state index >= 15 is 0 Å². The van der Waals surface area contributed by atoms with Gasteiger partial charge in [-0.05, 0) is 29.8 Å². The molecule has 0 saturated carbocycles. The van der Waals surface area contributed by atoms with Crippen LogP contribution in [0.2, 0.25) is 0 Å². The molecule has 0 fully saturated rings. The van der Waals surface area contributed by atoms with E-state index in [1.54, 1.807) is 43.5 Å². The number of furan rings is 1. The molecule has 130 valence electrons. The fraction of sp³-hybridized carbons (Fsp3) is 0.312. The van der Waals surface area contributed by atoms with Gasteiger partial charge in [0.25, 0.3) is 0 Å². The molecule has 0 saturated heterocycles. The van der Waals surface area contributed by atoms with Crippen LogP contribution in [0.5, 0.6) is 5.75 Å². The fourth-order valence-corrected chi connectivity index (χ4v) is 2.78. The standard InChI is InChI=1S/C16H20N2O5S/c1-22-14-7-5-13(6-8-14)11-18(24(2,20)21)12-16(19)17-10-15-4-3-9-23-15/h3-9H,10-12H2,1-2H3,(H,17,19). The number of methoxy groups -OCH3 is 1. The molecule has 0 radical (unpaired) electrons. The van der Waals surface area contributed by atoms with Crippen molar-refractivity contribution in [2.45, 2.75) is 13.1 Å². The Morgan fingerprint density at radius 1 is 1.25 bits per heavy atom. The molecule has 2 rings (SSSR count). The topological polar surface area (TPSA) is 88.8 Å². The molecule has 0 aliphatic carbocycles. The summed E-state index contributed by atoms with van der Waals surface area (Å²) in [6.45, 7) is 0.0640. The smallest absolute Gasteiger partial charge is 0.235 e. The van der Waals surface area contributed by atoms with E-state index in [1.165, 1.54) is 6.26 Å². The van der Waals surface area contributed by atoms with Crippen molar-refractivity contribution in [2.75, 3.05) is 19.9 Å². The predicted octanol–water partition coefficient (Wildman–Crippen LogP) is 1.37. The first-order chi connectivity index (χ1) is 11.4. The number of nitrogens with one attached hydrogen (secondary N) is 1. The normalized spacial score (nSPS) is 11.5. The molecule has 1 heterocycles. The lowest BCUT2D eigenvalue weighted by Crippen LogP contribution is -2.39.